The Balaban J connectivity index is 0.000000536. The van der Waals surface area contributed by atoms with E-state index in [1.165, 1.54) is 40.3 Å². The minimum absolute atomic E-state index is 0.760. The number of hydrogen-bond acceptors (Lipinski definition) is 1. The summed E-state index contributed by atoms with van der Waals surface area (Å²) >= 11 is 0. The van der Waals surface area contributed by atoms with Gasteiger partial charge in [-0.3, -0.25) is 0 Å². The summed E-state index contributed by atoms with van der Waals surface area (Å²) in [5.41, 5.74) is 9.37. The Labute approximate surface area is 194 Å². The van der Waals surface area contributed by atoms with Gasteiger partial charge in [-0.2, -0.15) is 0 Å². The zero-order valence-corrected chi connectivity index (χ0v) is 20.4. The number of para-hydroxylation sites is 1. The predicted octanol–water partition coefficient (Wildman–Crippen LogP) is 8.49. The number of nitrogens with zero attached hydrogens (tertiary/aromatic N) is 1. The SMILES string of the molecule is C/C=C\c1c(C)c2c(n1C1=CC3CC3C=C1)CCC(Nc1ccccc1)=C2.C=CC.CC. The smallest absolute Gasteiger partial charge is 0.0491 e. The van der Waals surface area contributed by atoms with Crippen LogP contribution in [0, 0.1) is 18.8 Å². The van der Waals surface area contributed by atoms with Crippen LogP contribution in [-0.4, -0.2) is 4.57 Å². The van der Waals surface area contributed by atoms with Crippen LogP contribution >= 0.6 is 0 Å². The van der Waals surface area contributed by atoms with E-state index >= 15 is 0 Å². The van der Waals surface area contributed by atoms with E-state index in [1.54, 1.807) is 6.08 Å². The molecule has 0 bridgehead atoms. The van der Waals surface area contributed by atoms with Crippen LogP contribution in [0.5, 0.6) is 0 Å². The molecule has 2 heteroatoms. The fourth-order valence-corrected chi connectivity index (χ4v) is 4.48. The summed E-state index contributed by atoms with van der Waals surface area (Å²) in [4.78, 5) is 0. The maximum Gasteiger partial charge on any atom is 0.0491 e. The molecule has 3 aliphatic rings. The van der Waals surface area contributed by atoms with Crippen molar-refractivity contribution in [3.63, 3.8) is 0 Å². The standard InChI is InChI=1S/C25H26N2.C3H6.C2H6/c1-3-7-24-17(2)23-16-21(26-20-8-5-4-6-9-20)11-13-25(23)27(24)22-12-10-18-14-19(18)15-22;1-3-2;1-2/h3-10,12,15-16,18-19,26H,11,13-14H2,1-2H3;3H,1H2,2H3;1-2H3/b7-3-;;. The Morgan fingerprint density at radius 2 is 1.78 bits per heavy atom. The molecule has 2 aromatic rings. The van der Waals surface area contributed by atoms with Crippen LogP contribution in [0.25, 0.3) is 17.8 Å². The van der Waals surface area contributed by atoms with Crippen molar-refractivity contribution in [1.82, 2.24) is 4.57 Å². The van der Waals surface area contributed by atoms with Crippen molar-refractivity contribution in [1.29, 1.82) is 0 Å². The van der Waals surface area contributed by atoms with E-state index in [-0.39, 0.29) is 0 Å². The van der Waals surface area contributed by atoms with Gasteiger partial charge < -0.3 is 9.88 Å². The summed E-state index contributed by atoms with van der Waals surface area (Å²) < 4.78 is 2.51. The molecule has 2 unspecified atom stereocenters. The largest absolute Gasteiger partial charge is 0.359 e. The van der Waals surface area contributed by atoms with E-state index in [4.69, 9.17) is 0 Å². The van der Waals surface area contributed by atoms with Crippen LogP contribution in [0.15, 0.2) is 73.0 Å². The molecule has 1 heterocycles. The molecule has 0 saturated heterocycles. The first kappa shape index (κ1) is 23.7. The monoisotopic (exact) mass is 426 g/mol. The second-order valence-corrected chi connectivity index (χ2v) is 8.29. The highest BCUT2D eigenvalue weighted by atomic mass is 15.0. The van der Waals surface area contributed by atoms with E-state index in [9.17, 15) is 0 Å². The lowest BCUT2D eigenvalue weighted by Gasteiger charge is -2.20. The molecule has 3 aliphatic carbocycles. The number of benzene rings is 1. The Morgan fingerprint density at radius 1 is 1.06 bits per heavy atom. The highest BCUT2D eigenvalue weighted by molar-refractivity contribution is 5.76. The predicted molar refractivity (Wildman–Crippen MR) is 142 cm³/mol. The molecule has 0 spiro atoms. The number of anilines is 1. The minimum atomic E-state index is 0.760. The Bertz CT molecular complexity index is 1040. The second-order valence-electron chi connectivity index (χ2n) is 8.29. The number of aromatic nitrogens is 1. The van der Waals surface area contributed by atoms with Crippen LogP contribution in [0.2, 0.25) is 0 Å². The molecular formula is C30H38N2. The lowest BCUT2D eigenvalue weighted by molar-refractivity contribution is 0.847. The maximum absolute atomic E-state index is 3.61. The molecule has 32 heavy (non-hydrogen) atoms. The molecular weight excluding hydrogens is 388 g/mol. The van der Waals surface area contributed by atoms with Crippen molar-refractivity contribution >= 4 is 23.5 Å². The molecule has 1 saturated carbocycles. The van der Waals surface area contributed by atoms with Gasteiger partial charge >= 0.3 is 0 Å². The molecule has 0 amide bonds. The van der Waals surface area contributed by atoms with Gasteiger partial charge in [-0.25, -0.2) is 0 Å². The first-order valence-corrected chi connectivity index (χ1v) is 12.0. The molecule has 1 N–H and O–H groups in total. The number of rotatable bonds is 4. The van der Waals surface area contributed by atoms with E-state index < -0.39 is 0 Å². The fraction of sp³-hybridized carbons (Fsp3) is 0.333. The summed E-state index contributed by atoms with van der Waals surface area (Å²) in [6.45, 7) is 13.6. The molecule has 0 aliphatic heterocycles. The molecule has 1 aromatic carbocycles. The van der Waals surface area contributed by atoms with Crippen molar-refractivity contribution in [2.45, 2.75) is 53.9 Å². The minimum Gasteiger partial charge on any atom is -0.359 e. The van der Waals surface area contributed by atoms with Gasteiger partial charge in [0, 0.05) is 34.0 Å². The van der Waals surface area contributed by atoms with Crippen molar-refractivity contribution in [3.05, 3.63) is 95.5 Å². The molecule has 168 valence electrons. The van der Waals surface area contributed by atoms with Gasteiger partial charge in [0.2, 0.25) is 0 Å². The van der Waals surface area contributed by atoms with Crippen LogP contribution < -0.4 is 5.32 Å². The van der Waals surface area contributed by atoms with E-state index in [2.05, 4.69) is 97.1 Å². The third kappa shape index (κ3) is 5.07. The third-order valence-corrected chi connectivity index (χ3v) is 6.01. The molecule has 2 atom stereocenters. The first-order chi connectivity index (χ1) is 15.7. The van der Waals surface area contributed by atoms with Gasteiger partial charge in [-0.1, -0.05) is 56.4 Å². The number of allylic oxidation sites excluding steroid dienone is 7. The Morgan fingerprint density at radius 3 is 2.44 bits per heavy atom. The molecule has 5 rings (SSSR count). The topological polar surface area (TPSA) is 17.0 Å². The number of fused-ring (bicyclic) bond motifs is 2. The summed E-state index contributed by atoms with van der Waals surface area (Å²) in [7, 11) is 0. The van der Waals surface area contributed by atoms with Gasteiger partial charge in [0.1, 0.15) is 0 Å². The van der Waals surface area contributed by atoms with E-state index in [0.29, 0.717) is 0 Å². The summed E-state index contributed by atoms with van der Waals surface area (Å²) in [5.74, 6) is 1.56. The summed E-state index contributed by atoms with van der Waals surface area (Å²) in [6.07, 6.45) is 19.2. The summed E-state index contributed by atoms with van der Waals surface area (Å²) in [5, 5.41) is 3.61. The van der Waals surface area contributed by atoms with Crippen LogP contribution in [0.3, 0.4) is 0 Å². The molecule has 2 nitrogen and oxygen atoms in total. The van der Waals surface area contributed by atoms with Crippen molar-refractivity contribution in [2.75, 3.05) is 5.32 Å². The van der Waals surface area contributed by atoms with Gasteiger partial charge in [-0.15, -0.1) is 6.58 Å². The second kappa shape index (κ2) is 11.0. The van der Waals surface area contributed by atoms with Gasteiger partial charge in [0.15, 0.2) is 0 Å². The van der Waals surface area contributed by atoms with Gasteiger partial charge in [0.05, 0.1) is 0 Å². The lowest BCUT2D eigenvalue weighted by atomic mass is 9.98. The average Bonchev–Trinajstić information content (AvgIpc) is 3.55. The fourth-order valence-electron chi connectivity index (χ4n) is 4.48. The lowest BCUT2D eigenvalue weighted by Crippen LogP contribution is -2.11. The average molecular weight is 427 g/mol. The van der Waals surface area contributed by atoms with Crippen LogP contribution in [0.1, 0.15) is 63.1 Å². The summed E-state index contributed by atoms with van der Waals surface area (Å²) in [6, 6.07) is 10.5. The first-order valence-electron chi connectivity index (χ1n) is 12.0. The maximum atomic E-state index is 3.61. The highest BCUT2D eigenvalue weighted by Crippen LogP contribution is 2.46. The van der Waals surface area contributed by atoms with Crippen molar-refractivity contribution in [3.8, 4) is 0 Å². The number of hydrogen-bond donors (Lipinski definition) is 1. The van der Waals surface area contributed by atoms with E-state index in [1.807, 2.05) is 20.8 Å². The Hall–Kier alpha value is -3.00. The van der Waals surface area contributed by atoms with Gasteiger partial charge in [0.25, 0.3) is 0 Å². The van der Waals surface area contributed by atoms with E-state index in [0.717, 1.165) is 30.4 Å². The zero-order valence-electron chi connectivity index (χ0n) is 20.4. The highest BCUT2D eigenvalue weighted by Gasteiger charge is 2.36. The molecule has 1 aromatic heterocycles. The molecule has 0 radical (unpaired) electrons. The third-order valence-electron chi connectivity index (χ3n) is 6.01. The molecule has 1 fully saturated rings. The normalized spacial score (nSPS) is 19.9. The van der Waals surface area contributed by atoms with Crippen LogP contribution in [-0.2, 0) is 6.42 Å². The van der Waals surface area contributed by atoms with Crippen LogP contribution in [0.4, 0.5) is 5.69 Å². The van der Waals surface area contributed by atoms with Crippen molar-refractivity contribution < 1.29 is 0 Å². The zero-order chi connectivity index (χ0) is 23.1. The Kier molecular flexibility index (Phi) is 8.16. The van der Waals surface area contributed by atoms with Gasteiger partial charge in [-0.05, 0) is 87.8 Å². The van der Waals surface area contributed by atoms with Crippen molar-refractivity contribution in [2.24, 2.45) is 11.8 Å². The number of nitrogens with one attached hydrogen (secondary N) is 1. The quantitative estimate of drug-likeness (QED) is 0.485.